The molecule has 0 radical (unpaired) electrons. The summed E-state index contributed by atoms with van der Waals surface area (Å²) in [5.74, 6) is 0. The van der Waals surface area contributed by atoms with Crippen molar-refractivity contribution < 1.29 is 0 Å². The van der Waals surface area contributed by atoms with E-state index in [0.717, 1.165) is 22.1 Å². The summed E-state index contributed by atoms with van der Waals surface area (Å²) in [4.78, 5) is 4.41. The van der Waals surface area contributed by atoms with Gasteiger partial charge in [-0.15, -0.1) is 11.3 Å². The lowest BCUT2D eigenvalue weighted by Crippen LogP contribution is -1.87. The second-order valence-electron chi connectivity index (χ2n) is 3.16. The Morgan fingerprint density at radius 2 is 2.00 bits per heavy atom. The van der Waals surface area contributed by atoms with Crippen LogP contribution in [0.5, 0.6) is 0 Å². The molecule has 0 saturated heterocycles. The molecule has 72 valence electrons. The van der Waals surface area contributed by atoms with E-state index < -0.39 is 0 Å². The maximum absolute atomic E-state index is 5.81. The second kappa shape index (κ2) is 4.11. The normalized spacial score (nSPS) is 10.4. The van der Waals surface area contributed by atoms with Crippen molar-refractivity contribution in [2.75, 3.05) is 0 Å². The zero-order chi connectivity index (χ0) is 9.97. The molecule has 3 heteroatoms. The number of nitrogens with zero attached hydrogens (tertiary/aromatic N) is 1. The fraction of sp³-hybridized carbons (Fsp3) is 0.182. The third-order valence-electron chi connectivity index (χ3n) is 1.97. The number of halogens is 1. The van der Waals surface area contributed by atoms with Gasteiger partial charge in [-0.25, -0.2) is 4.98 Å². The average Bonchev–Trinajstić information content (AvgIpc) is 2.56. The molecule has 0 aliphatic rings. The molecule has 1 heterocycles. The number of benzene rings is 1. The van der Waals surface area contributed by atoms with Crippen LogP contribution in [0.15, 0.2) is 29.6 Å². The van der Waals surface area contributed by atoms with Gasteiger partial charge >= 0.3 is 0 Å². The van der Waals surface area contributed by atoms with Crippen LogP contribution in [0.4, 0.5) is 0 Å². The summed E-state index contributed by atoms with van der Waals surface area (Å²) in [6.07, 6.45) is 0.890. The Kier molecular flexibility index (Phi) is 2.85. The molecule has 0 aliphatic heterocycles. The molecule has 1 nitrogen and oxygen atoms in total. The number of aryl methyl sites for hydroxylation is 1. The first-order chi connectivity index (χ1) is 6.74. The summed E-state index contributed by atoms with van der Waals surface area (Å²) in [5, 5.41) is 4.00. The predicted molar refractivity (Wildman–Crippen MR) is 61.1 cm³/mol. The Balaban J connectivity index is 2.15. The van der Waals surface area contributed by atoms with Gasteiger partial charge in [0.1, 0.15) is 0 Å². The number of thiazole rings is 1. The van der Waals surface area contributed by atoms with Crippen molar-refractivity contribution >= 4 is 22.9 Å². The number of hydrogen-bond acceptors (Lipinski definition) is 2. The van der Waals surface area contributed by atoms with Crippen LogP contribution in [0, 0.1) is 6.92 Å². The minimum absolute atomic E-state index is 0.781. The Hall–Kier alpha value is -0.860. The summed E-state index contributed by atoms with van der Waals surface area (Å²) in [6, 6.07) is 7.90. The highest BCUT2D eigenvalue weighted by Gasteiger charge is 1.99. The van der Waals surface area contributed by atoms with Crippen LogP contribution in [-0.2, 0) is 6.42 Å². The van der Waals surface area contributed by atoms with Crippen LogP contribution in [0.25, 0.3) is 0 Å². The van der Waals surface area contributed by atoms with Crippen LogP contribution in [0.1, 0.15) is 16.3 Å². The Bertz CT molecular complexity index is 419. The third-order valence-corrected chi connectivity index (χ3v) is 3.04. The molecule has 0 amide bonds. The number of rotatable bonds is 2. The van der Waals surface area contributed by atoms with Gasteiger partial charge in [0.25, 0.3) is 0 Å². The van der Waals surface area contributed by atoms with E-state index in [2.05, 4.69) is 10.4 Å². The molecule has 1 aromatic heterocycles. The molecular formula is C11H10ClNS. The van der Waals surface area contributed by atoms with E-state index in [1.807, 2.05) is 31.2 Å². The quantitative estimate of drug-likeness (QED) is 0.757. The molecule has 2 rings (SSSR count). The monoisotopic (exact) mass is 223 g/mol. The van der Waals surface area contributed by atoms with Crippen molar-refractivity contribution in [1.82, 2.24) is 4.98 Å². The maximum Gasteiger partial charge on any atom is 0.0897 e. The summed E-state index contributed by atoms with van der Waals surface area (Å²) >= 11 is 7.49. The van der Waals surface area contributed by atoms with Crippen LogP contribution < -0.4 is 0 Å². The largest absolute Gasteiger partial charge is 0.246 e. The molecule has 1 aromatic carbocycles. The van der Waals surface area contributed by atoms with Crippen molar-refractivity contribution in [2.45, 2.75) is 13.3 Å². The lowest BCUT2D eigenvalue weighted by molar-refractivity contribution is 1.08. The van der Waals surface area contributed by atoms with Gasteiger partial charge in [-0.1, -0.05) is 23.7 Å². The molecule has 0 unspecified atom stereocenters. The van der Waals surface area contributed by atoms with Crippen LogP contribution in [0.3, 0.4) is 0 Å². The summed E-state index contributed by atoms with van der Waals surface area (Å²) in [6.45, 7) is 2.02. The molecule has 14 heavy (non-hydrogen) atoms. The fourth-order valence-corrected chi connectivity index (χ4v) is 2.04. The van der Waals surface area contributed by atoms with Gasteiger partial charge in [0.2, 0.25) is 0 Å². The van der Waals surface area contributed by atoms with Gasteiger partial charge in [0.15, 0.2) is 0 Å². The van der Waals surface area contributed by atoms with Crippen molar-refractivity contribution in [3.05, 3.63) is 50.9 Å². The lowest BCUT2D eigenvalue weighted by atomic mass is 10.1. The molecule has 0 aliphatic carbocycles. The highest BCUT2D eigenvalue weighted by molar-refractivity contribution is 7.09. The van der Waals surface area contributed by atoms with E-state index in [0.29, 0.717) is 0 Å². The maximum atomic E-state index is 5.81. The van der Waals surface area contributed by atoms with Crippen LogP contribution in [-0.4, -0.2) is 4.98 Å². The first-order valence-corrected chi connectivity index (χ1v) is 5.65. The van der Waals surface area contributed by atoms with Crippen LogP contribution >= 0.6 is 22.9 Å². The van der Waals surface area contributed by atoms with E-state index in [-0.39, 0.29) is 0 Å². The van der Waals surface area contributed by atoms with E-state index >= 15 is 0 Å². The topological polar surface area (TPSA) is 12.9 Å². The molecule has 0 N–H and O–H groups in total. The van der Waals surface area contributed by atoms with Gasteiger partial charge in [-0.3, -0.25) is 0 Å². The second-order valence-corrected chi connectivity index (χ2v) is 4.66. The van der Waals surface area contributed by atoms with Gasteiger partial charge in [-0.2, -0.15) is 0 Å². The number of hydrogen-bond donors (Lipinski definition) is 0. The van der Waals surface area contributed by atoms with E-state index in [1.54, 1.807) is 11.3 Å². The first-order valence-electron chi connectivity index (χ1n) is 4.39. The molecule has 0 saturated carbocycles. The highest BCUT2D eigenvalue weighted by atomic mass is 35.5. The Labute approximate surface area is 92.4 Å². The standard InChI is InChI=1S/C11H10ClNS/c1-8-13-11(7-14-8)6-9-2-4-10(12)5-3-9/h2-5,7H,6H2,1H3. The third kappa shape index (κ3) is 2.34. The predicted octanol–water partition coefficient (Wildman–Crippen LogP) is 3.70. The van der Waals surface area contributed by atoms with Gasteiger partial charge in [-0.05, 0) is 24.6 Å². The minimum Gasteiger partial charge on any atom is -0.246 e. The Morgan fingerprint density at radius 1 is 1.29 bits per heavy atom. The lowest BCUT2D eigenvalue weighted by Gasteiger charge is -1.97. The van der Waals surface area contributed by atoms with Gasteiger partial charge in [0, 0.05) is 16.8 Å². The molecule has 0 atom stereocenters. The average molecular weight is 224 g/mol. The molecule has 0 spiro atoms. The summed E-state index contributed by atoms with van der Waals surface area (Å²) < 4.78 is 0. The zero-order valence-electron chi connectivity index (χ0n) is 7.83. The Morgan fingerprint density at radius 3 is 2.57 bits per heavy atom. The van der Waals surface area contributed by atoms with E-state index in [1.165, 1.54) is 5.56 Å². The SMILES string of the molecule is Cc1nc(Cc2ccc(Cl)cc2)cs1. The fourth-order valence-electron chi connectivity index (χ4n) is 1.30. The smallest absolute Gasteiger partial charge is 0.0897 e. The van der Waals surface area contributed by atoms with Crippen molar-refractivity contribution in [1.29, 1.82) is 0 Å². The minimum atomic E-state index is 0.781. The number of aromatic nitrogens is 1. The summed E-state index contributed by atoms with van der Waals surface area (Å²) in [5.41, 5.74) is 2.38. The van der Waals surface area contributed by atoms with Crippen molar-refractivity contribution in [2.24, 2.45) is 0 Å². The van der Waals surface area contributed by atoms with E-state index in [9.17, 15) is 0 Å². The molecule has 0 fully saturated rings. The van der Waals surface area contributed by atoms with Gasteiger partial charge < -0.3 is 0 Å². The van der Waals surface area contributed by atoms with Crippen molar-refractivity contribution in [3.63, 3.8) is 0 Å². The highest BCUT2D eigenvalue weighted by Crippen LogP contribution is 2.15. The first kappa shape index (κ1) is 9.69. The molecular weight excluding hydrogens is 214 g/mol. The van der Waals surface area contributed by atoms with Gasteiger partial charge in [0.05, 0.1) is 10.7 Å². The van der Waals surface area contributed by atoms with Crippen LogP contribution in [0.2, 0.25) is 5.02 Å². The van der Waals surface area contributed by atoms with Crippen molar-refractivity contribution in [3.8, 4) is 0 Å². The summed E-state index contributed by atoms with van der Waals surface area (Å²) in [7, 11) is 0. The zero-order valence-corrected chi connectivity index (χ0v) is 9.40. The van der Waals surface area contributed by atoms with E-state index in [4.69, 9.17) is 11.6 Å². The molecule has 0 bridgehead atoms. The molecule has 2 aromatic rings.